The quantitative estimate of drug-likeness (QED) is 0.749. The summed E-state index contributed by atoms with van der Waals surface area (Å²) in [6.07, 6.45) is 2.62. The summed E-state index contributed by atoms with van der Waals surface area (Å²) in [6.45, 7) is 0.163. The van der Waals surface area contributed by atoms with Gasteiger partial charge in [-0.25, -0.2) is 0 Å². The van der Waals surface area contributed by atoms with E-state index < -0.39 is 5.97 Å². The molecule has 21 heavy (non-hydrogen) atoms. The van der Waals surface area contributed by atoms with Crippen molar-refractivity contribution >= 4 is 23.5 Å². The first kappa shape index (κ1) is 15.6. The maximum absolute atomic E-state index is 12.0. The molecule has 1 fully saturated rings. The molecule has 1 aliphatic carbocycles. The zero-order valence-corrected chi connectivity index (χ0v) is 12.4. The molecular formula is C15H18ClNO4. The van der Waals surface area contributed by atoms with E-state index in [1.807, 2.05) is 12.1 Å². The lowest BCUT2D eigenvalue weighted by atomic mass is 10.2. The van der Waals surface area contributed by atoms with E-state index in [-0.39, 0.29) is 24.9 Å². The van der Waals surface area contributed by atoms with E-state index in [0.717, 1.165) is 12.8 Å². The van der Waals surface area contributed by atoms with Crippen molar-refractivity contribution in [3.8, 4) is 5.75 Å². The molecule has 0 atom stereocenters. The lowest BCUT2D eigenvalue weighted by Crippen LogP contribution is -2.37. The van der Waals surface area contributed by atoms with Crippen LogP contribution in [-0.2, 0) is 9.59 Å². The van der Waals surface area contributed by atoms with Crippen molar-refractivity contribution in [1.29, 1.82) is 0 Å². The second kappa shape index (κ2) is 7.31. The number of hydrogen-bond donors (Lipinski definition) is 1. The Labute approximate surface area is 128 Å². The fraction of sp³-hybridized carbons (Fsp3) is 0.467. The van der Waals surface area contributed by atoms with Gasteiger partial charge in [-0.1, -0.05) is 23.7 Å². The largest absolute Gasteiger partial charge is 0.492 e. The van der Waals surface area contributed by atoms with Crippen LogP contribution in [0.5, 0.6) is 5.75 Å². The zero-order valence-electron chi connectivity index (χ0n) is 11.6. The Morgan fingerprint density at radius 2 is 2.05 bits per heavy atom. The van der Waals surface area contributed by atoms with E-state index in [1.54, 1.807) is 12.1 Å². The van der Waals surface area contributed by atoms with Crippen molar-refractivity contribution in [2.45, 2.75) is 31.7 Å². The Hall–Kier alpha value is -1.75. The molecule has 2 rings (SSSR count). The number of amides is 1. The van der Waals surface area contributed by atoms with E-state index in [1.165, 1.54) is 4.90 Å². The van der Waals surface area contributed by atoms with Crippen LogP contribution >= 0.6 is 11.6 Å². The molecule has 0 saturated heterocycles. The van der Waals surface area contributed by atoms with E-state index >= 15 is 0 Å². The highest BCUT2D eigenvalue weighted by atomic mass is 35.5. The summed E-state index contributed by atoms with van der Waals surface area (Å²) in [7, 11) is 0. The zero-order chi connectivity index (χ0) is 15.2. The third-order valence-electron chi connectivity index (χ3n) is 3.24. The van der Waals surface area contributed by atoms with Crippen LogP contribution in [-0.4, -0.2) is 41.1 Å². The molecule has 6 heteroatoms. The minimum atomic E-state index is -0.970. The third-order valence-corrected chi connectivity index (χ3v) is 3.56. The number of carbonyl (C=O) groups excluding carboxylic acids is 1. The van der Waals surface area contributed by atoms with Crippen LogP contribution in [0.1, 0.15) is 25.7 Å². The van der Waals surface area contributed by atoms with Gasteiger partial charge in [-0.05, 0) is 31.4 Å². The number of carbonyl (C=O) groups is 2. The molecular weight excluding hydrogens is 294 g/mol. The monoisotopic (exact) mass is 311 g/mol. The van der Waals surface area contributed by atoms with Gasteiger partial charge in [0.1, 0.15) is 12.3 Å². The highest BCUT2D eigenvalue weighted by Crippen LogP contribution is 2.27. The first-order valence-electron chi connectivity index (χ1n) is 6.96. The van der Waals surface area contributed by atoms with Gasteiger partial charge in [-0.15, -0.1) is 0 Å². The van der Waals surface area contributed by atoms with Crippen LogP contribution in [0.25, 0.3) is 0 Å². The number of para-hydroxylation sites is 1. The van der Waals surface area contributed by atoms with E-state index in [0.29, 0.717) is 23.8 Å². The number of ether oxygens (including phenoxy) is 1. The molecule has 5 nitrogen and oxygen atoms in total. The first-order chi connectivity index (χ1) is 10.1. The van der Waals surface area contributed by atoms with E-state index in [2.05, 4.69) is 0 Å². The molecule has 1 saturated carbocycles. The molecule has 1 aliphatic rings. The topological polar surface area (TPSA) is 66.8 Å². The number of aliphatic carboxylic acids is 1. The van der Waals surface area contributed by atoms with Gasteiger partial charge in [-0.3, -0.25) is 9.59 Å². The molecule has 0 heterocycles. The maximum atomic E-state index is 12.0. The summed E-state index contributed by atoms with van der Waals surface area (Å²) in [4.78, 5) is 24.2. The van der Waals surface area contributed by atoms with Crippen LogP contribution in [0.4, 0.5) is 0 Å². The minimum Gasteiger partial charge on any atom is -0.492 e. The summed E-state index contributed by atoms with van der Waals surface area (Å²) in [6, 6.07) is 7.26. The first-order valence-corrected chi connectivity index (χ1v) is 7.34. The molecule has 0 radical (unpaired) electrons. The predicted octanol–water partition coefficient (Wildman–Crippen LogP) is 2.57. The van der Waals surface area contributed by atoms with Crippen molar-refractivity contribution < 1.29 is 19.4 Å². The summed E-state index contributed by atoms with van der Waals surface area (Å²) in [5, 5.41) is 9.36. The molecule has 0 unspecified atom stereocenters. The van der Waals surface area contributed by atoms with Gasteiger partial charge in [0.25, 0.3) is 0 Å². The second-order valence-electron chi connectivity index (χ2n) is 5.03. The molecule has 1 N–H and O–H groups in total. The van der Waals surface area contributed by atoms with E-state index in [4.69, 9.17) is 21.4 Å². The Balaban J connectivity index is 1.73. The van der Waals surface area contributed by atoms with Crippen molar-refractivity contribution in [3.63, 3.8) is 0 Å². The van der Waals surface area contributed by atoms with Gasteiger partial charge in [0, 0.05) is 12.5 Å². The van der Waals surface area contributed by atoms with Gasteiger partial charge in [0.05, 0.1) is 11.6 Å². The Morgan fingerprint density at radius 3 is 2.67 bits per heavy atom. The molecule has 0 aromatic heterocycles. The Bertz CT molecular complexity index is 516. The number of nitrogens with zero attached hydrogens (tertiary/aromatic N) is 1. The number of benzene rings is 1. The summed E-state index contributed by atoms with van der Waals surface area (Å²) < 4.78 is 5.51. The van der Waals surface area contributed by atoms with Gasteiger partial charge in [0.15, 0.2) is 0 Å². The van der Waals surface area contributed by atoms with E-state index in [9.17, 15) is 9.59 Å². The fourth-order valence-electron chi connectivity index (χ4n) is 2.06. The molecule has 1 aromatic rings. The number of carboxylic acid groups (broad SMARTS) is 1. The van der Waals surface area contributed by atoms with Crippen molar-refractivity contribution in [3.05, 3.63) is 29.3 Å². The van der Waals surface area contributed by atoms with Crippen molar-refractivity contribution in [2.24, 2.45) is 0 Å². The van der Waals surface area contributed by atoms with Crippen LogP contribution in [0.3, 0.4) is 0 Å². The molecule has 114 valence electrons. The second-order valence-corrected chi connectivity index (χ2v) is 5.44. The number of halogens is 1. The lowest BCUT2D eigenvalue weighted by Gasteiger charge is -2.20. The number of carboxylic acids is 1. The van der Waals surface area contributed by atoms with Gasteiger partial charge in [0.2, 0.25) is 5.91 Å². The minimum absolute atomic E-state index is 0.109. The highest BCUT2D eigenvalue weighted by Gasteiger charge is 2.33. The summed E-state index contributed by atoms with van der Waals surface area (Å²) >= 11 is 5.96. The number of hydrogen-bond acceptors (Lipinski definition) is 3. The van der Waals surface area contributed by atoms with Crippen molar-refractivity contribution in [1.82, 2.24) is 4.90 Å². The van der Waals surface area contributed by atoms with Crippen LogP contribution in [0.2, 0.25) is 5.02 Å². The average Bonchev–Trinajstić information content (AvgIpc) is 3.27. The number of rotatable bonds is 8. The SMILES string of the molecule is O=C(O)CN(C(=O)CCCOc1ccccc1Cl)C1CC1. The van der Waals surface area contributed by atoms with Crippen LogP contribution < -0.4 is 4.74 Å². The standard InChI is InChI=1S/C15H18ClNO4/c16-12-4-1-2-5-13(12)21-9-3-6-14(18)17(10-15(19)20)11-7-8-11/h1-2,4-5,11H,3,6-10H2,(H,19,20). The Morgan fingerprint density at radius 1 is 1.33 bits per heavy atom. The highest BCUT2D eigenvalue weighted by molar-refractivity contribution is 6.32. The molecule has 1 amide bonds. The van der Waals surface area contributed by atoms with Crippen LogP contribution in [0.15, 0.2) is 24.3 Å². The van der Waals surface area contributed by atoms with Gasteiger partial charge in [-0.2, -0.15) is 0 Å². The third kappa shape index (κ3) is 4.93. The van der Waals surface area contributed by atoms with Crippen LogP contribution in [0, 0.1) is 0 Å². The predicted molar refractivity (Wildman–Crippen MR) is 78.6 cm³/mol. The molecule has 0 aliphatic heterocycles. The lowest BCUT2D eigenvalue weighted by molar-refractivity contribution is -0.145. The molecule has 0 spiro atoms. The molecule has 1 aromatic carbocycles. The van der Waals surface area contributed by atoms with Crippen molar-refractivity contribution in [2.75, 3.05) is 13.2 Å². The molecule has 0 bridgehead atoms. The maximum Gasteiger partial charge on any atom is 0.323 e. The normalized spacial score (nSPS) is 13.8. The smallest absolute Gasteiger partial charge is 0.323 e. The average molecular weight is 312 g/mol. The van der Waals surface area contributed by atoms with Gasteiger partial charge < -0.3 is 14.7 Å². The summed E-state index contributed by atoms with van der Waals surface area (Å²) in [5.74, 6) is -0.499. The fourth-order valence-corrected chi connectivity index (χ4v) is 2.25. The Kier molecular flexibility index (Phi) is 5.44. The van der Waals surface area contributed by atoms with Gasteiger partial charge >= 0.3 is 5.97 Å². The summed E-state index contributed by atoms with van der Waals surface area (Å²) in [5.41, 5.74) is 0.